The molecule has 0 spiro atoms. The van der Waals surface area contributed by atoms with Crippen molar-refractivity contribution in [2.75, 3.05) is 4.72 Å². The normalized spacial score (nSPS) is 12.9. The van der Waals surface area contributed by atoms with Gasteiger partial charge in [-0.1, -0.05) is 26.8 Å². The number of rotatable bonds is 3. The Kier molecular flexibility index (Phi) is 4.87. The van der Waals surface area contributed by atoms with E-state index in [-0.39, 0.29) is 10.6 Å². The summed E-state index contributed by atoms with van der Waals surface area (Å²) in [5, 5.41) is 0. The second-order valence-electron chi connectivity index (χ2n) is 6.57. The fraction of sp³-hybridized carbons (Fsp3) is 0.294. The van der Waals surface area contributed by atoms with Crippen molar-refractivity contribution in [1.29, 1.82) is 0 Å². The first kappa shape index (κ1) is 19.2. The summed E-state index contributed by atoms with van der Waals surface area (Å²) in [6.07, 6.45) is -4.55. The quantitative estimate of drug-likeness (QED) is 0.772. The Morgan fingerprint density at radius 3 is 1.92 bits per heavy atom. The van der Waals surface area contributed by atoms with Crippen LogP contribution in [0, 0.1) is 5.82 Å². The number of nitrogens with one attached hydrogen (secondary N) is 1. The smallest absolute Gasteiger partial charge is 0.280 e. The van der Waals surface area contributed by atoms with Crippen LogP contribution in [0.3, 0.4) is 0 Å². The summed E-state index contributed by atoms with van der Waals surface area (Å²) in [7, 11) is -4.12. The van der Waals surface area contributed by atoms with Gasteiger partial charge in [0.2, 0.25) is 0 Å². The zero-order valence-electron chi connectivity index (χ0n) is 13.8. The van der Waals surface area contributed by atoms with E-state index in [0.29, 0.717) is 17.7 Å². The van der Waals surface area contributed by atoms with Crippen LogP contribution in [-0.4, -0.2) is 8.42 Å². The van der Waals surface area contributed by atoms with E-state index < -0.39 is 33.0 Å². The minimum Gasteiger partial charge on any atom is -0.280 e. The maximum absolute atomic E-state index is 14.1. The second kappa shape index (κ2) is 6.33. The lowest BCUT2D eigenvalue weighted by atomic mass is 9.86. The van der Waals surface area contributed by atoms with Gasteiger partial charge in [0.1, 0.15) is 5.82 Å². The third-order valence-electron chi connectivity index (χ3n) is 3.52. The van der Waals surface area contributed by atoms with Crippen molar-refractivity contribution in [3.63, 3.8) is 0 Å². The van der Waals surface area contributed by atoms with Crippen molar-refractivity contribution in [2.24, 2.45) is 0 Å². The Morgan fingerprint density at radius 2 is 1.48 bits per heavy atom. The van der Waals surface area contributed by atoms with Gasteiger partial charge in [0.15, 0.2) is 0 Å². The molecule has 2 rings (SSSR count). The number of anilines is 1. The third kappa shape index (κ3) is 4.50. The number of sulfonamides is 1. The van der Waals surface area contributed by atoms with Crippen LogP contribution in [0.5, 0.6) is 0 Å². The lowest BCUT2D eigenvalue weighted by Gasteiger charge is -2.20. The molecule has 0 aliphatic carbocycles. The van der Waals surface area contributed by atoms with Crippen LogP contribution in [0.4, 0.5) is 23.2 Å². The molecule has 0 heterocycles. The Bertz CT molecular complexity index is 867. The molecule has 0 unspecified atom stereocenters. The van der Waals surface area contributed by atoms with Gasteiger partial charge in [0, 0.05) is 0 Å². The van der Waals surface area contributed by atoms with Crippen LogP contribution in [0.1, 0.15) is 31.9 Å². The third-order valence-corrected chi connectivity index (χ3v) is 4.92. The topological polar surface area (TPSA) is 46.2 Å². The first-order valence-electron chi connectivity index (χ1n) is 7.31. The molecule has 0 aliphatic rings. The predicted octanol–water partition coefficient (Wildman–Crippen LogP) is 4.94. The summed E-state index contributed by atoms with van der Waals surface area (Å²) in [4.78, 5) is -0.346. The van der Waals surface area contributed by atoms with Crippen LogP contribution in [-0.2, 0) is 21.6 Å². The summed E-state index contributed by atoms with van der Waals surface area (Å²) in [6.45, 7) is 5.45. The highest BCUT2D eigenvalue weighted by atomic mass is 32.2. The van der Waals surface area contributed by atoms with Crippen molar-refractivity contribution in [2.45, 2.75) is 37.3 Å². The van der Waals surface area contributed by atoms with Crippen LogP contribution in [0.2, 0.25) is 0 Å². The van der Waals surface area contributed by atoms with Gasteiger partial charge in [-0.05, 0) is 47.4 Å². The SMILES string of the molecule is CC(C)(C)c1ccc(NS(=O)(=O)c2ccc(C(F)(F)F)cc2)cc1F. The molecule has 8 heteroatoms. The zero-order valence-corrected chi connectivity index (χ0v) is 14.6. The minimum atomic E-state index is -4.55. The molecular weight excluding hydrogens is 358 g/mol. The zero-order chi connectivity index (χ0) is 19.0. The molecule has 25 heavy (non-hydrogen) atoms. The summed E-state index contributed by atoms with van der Waals surface area (Å²) in [5.74, 6) is -0.569. The molecule has 0 aliphatic heterocycles. The van der Waals surface area contributed by atoms with E-state index in [1.165, 1.54) is 12.1 Å². The largest absolute Gasteiger partial charge is 0.416 e. The van der Waals surface area contributed by atoms with Crippen molar-refractivity contribution in [3.8, 4) is 0 Å². The highest BCUT2D eigenvalue weighted by Crippen LogP contribution is 2.31. The molecule has 0 atom stereocenters. The van der Waals surface area contributed by atoms with Crippen molar-refractivity contribution < 1.29 is 26.0 Å². The van der Waals surface area contributed by atoms with Crippen molar-refractivity contribution in [1.82, 2.24) is 0 Å². The number of alkyl halides is 3. The average Bonchev–Trinajstić information content (AvgIpc) is 2.44. The molecule has 0 radical (unpaired) electrons. The Balaban J connectivity index is 2.29. The Labute approximate surface area is 143 Å². The molecule has 0 saturated carbocycles. The van der Waals surface area contributed by atoms with E-state index in [2.05, 4.69) is 4.72 Å². The Morgan fingerprint density at radius 1 is 0.920 bits per heavy atom. The molecular formula is C17H17F4NO2S. The van der Waals surface area contributed by atoms with Crippen LogP contribution >= 0.6 is 0 Å². The van der Waals surface area contributed by atoms with Gasteiger partial charge in [-0.25, -0.2) is 12.8 Å². The molecule has 2 aromatic rings. The molecule has 2 aromatic carbocycles. The van der Waals surface area contributed by atoms with E-state index >= 15 is 0 Å². The predicted molar refractivity (Wildman–Crippen MR) is 87.4 cm³/mol. The maximum atomic E-state index is 14.1. The van der Waals surface area contributed by atoms with Gasteiger partial charge in [-0.2, -0.15) is 13.2 Å². The van der Waals surface area contributed by atoms with Gasteiger partial charge < -0.3 is 0 Å². The molecule has 0 saturated heterocycles. The first-order valence-corrected chi connectivity index (χ1v) is 8.79. The molecule has 0 aromatic heterocycles. The van der Waals surface area contributed by atoms with E-state index in [1.807, 2.05) is 20.8 Å². The summed E-state index contributed by atoms with van der Waals surface area (Å²) >= 11 is 0. The molecule has 0 fully saturated rings. The van der Waals surface area contributed by atoms with Gasteiger partial charge >= 0.3 is 6.18 Å². The number of hydrogen-bond donors (Lipinski definition) is 1. The summed E-state index contributed by atoms with van der Waals surface area (Å²) < 4.78 is 78.4. The number of hydrogen-bond acceptors (Lipinski definition) is 2. The maximum Gasteiger partial charge on any atom is 0.416 e. The minimum absolute atomic E-state index is 0.00889. The number of benzene rings is 2. The van der Waals surface area contributed by atoms with Gasteiger partial charge in [0.25, 0.3) is 10.0 Å². The first-order chi connectivity index (χ1) is 11.3. The molecule has 1 N–H and O–H groups in total. The van der Waals surface area contributed by atoms with Gasteiger partial charge in [0.05, 0.1) is 16.1 Å². The summed E-state index contributed by atoms with van der Waals surface area (Å²) in [5.41, 5.74) is -0.989. The summed E-state index contributed by atoms with van der Waals surface area (Å²) in [6, 6.07) is 6.99. The van der Waals surface area contributed by atoms with Crippen LogP contribution in [0.25, 0.3) is 0 Å². The van der Waals surface area contributed by atoms with Crippen LogP contribution in [0.15, 0.2) is 47.4 Å². The van der Waals surface area contributed by atoms with Crippen molar-refractivity contribution in [3.05, 3.63) is 59.4 Å². The van der Waals surface area contributed by atoms with E-state index in [1.54, 1.807) is 0 Å². The fourth-order valence-corrected chi connectivity index (χ4v) is 3.27. The second-order valence-corrected chi connectivity index (χ2v) is 8.25. The van der Waals surface area contributed by atoms with Gasteiger partial charge in [-0.15, -0.1) is 0 Å². The van der Waals surface area contributed by atoms with E-state index in [4.69, 9.17) is 0 Å². The van der Waals surface area contributed by atoms with E-state index in [0.717, 1.165) is 18.2 Å². The van der Waals surface area contributed by atoms with Crippen LogP contribution < -0.4 is 4.72 Å². The number of halogens is 4. The molecule has 136 valence electrons. The molecule has 0 bridgehead atoms. The standard InChI is InChI=1S/C17H17F4NO2S/c1-16(2,3)14-9-6-12(10-15(14)18)22-25(23,24)13-7-4-11(5-8-13)17(19,20)21/h4-10,22H,1-3H3. The molecule has 0 amide bonds. The lowest BCUT2D eigenvalue weighted by molar-refractivity contribution is -0.137. The monoisotopic (exact) mass is 375 g/mol. The highest BCUT2D eigenvalue weighted by molar-refractivity contribution is 7.92. The van der Waals surface area contributed by atoms with E-state index in [9.17, 15) is 26.0 Å². The Hall–Kier alpha value is -2.09. The van der Waals surface area contributed by atoms with Gasteiger partial charge in [-0.3, -0.25) is 4.72 Å². The molecule has 3 nitrogen and oxygen atoms in total. The average molecular weight is 375 g/mol. The van der Waals surface area contributed by atoms with Crippen molar-refractivity contribution >= 4 is 15.7 Å². The lowest BCUT2D eigenvalue weighted by Crippen LogP contribution is -2.16. The fourth-order valence-electron chi connectivity index (χ4n) is 2.22. The highest BCUT2D eigenvalue weighted by Gasteiger charge is 2.30.